The second-order valence-electron chi connectivity index (χ2n) is 7.30. The Morgan fingerprint density at radius 3 is 2.52 bits per heavy atom. The molecular weight excluding hydrogens is 453 g/mol. The smallest absolute Gasteiger partial charge is 0.324 e. The van der Waals surface area contributed by atoms with Crippen molar-refractivity contribution in [1.29, 1.82) is 0 Å². The van der Waals surface area contributed by atoms with Crippen LogP contribution in [0.5, 0.6) is 0 Å². The number of benzene rings is 2. The molecule has 0 spiro atoms. The molecule has 11 heteroatoms. The fraction of sp³-hybridized carbons (Fsp3) is 0.136. The van der Waals surface area contributed by atoms with E-state index in [0.29, 0.717) is 0 Å². The zero-order valence-electron chi connectivity index (χ0n) is 17.5. The third-order valence-electron chi connectivity index (χ3n) is 5.15. The van der Waals surface area contributed by atoms with Gasteiger partial charge in [0.1, 0.15) is 12.4 Å². The van der Waals surface area contributed by atoms with Crippen molar-refractivity contribution in [1.82, 2.24) is 18.7 Å². The number of nitrogens with zero attached hydrogens (tertiary/aromatic N) is 4. The van der Waals surface area contributed by atoms with E-state index in [1.807, 2.05) is 0 Å². The molecule has 1 amide bonds. The van der Waals surface area contributed by atoms with Gasteiger partial charge in [0.25, 0.3) is 5.56 Å². The lowest BCUT2D eigenvalue weighted by Gasteiger charge is -2.12. The molecule has 0 aliphatic rings. The molecule has 0 fully saturated rings. The number of nitrogens with one attached hydrogen (secondary N) is 1. The number of halogens is 2. The Kier molecular flexibility index (Phi) is 5.69. The van der Waals surface area contributed by atoms with Crippen LogP contribution >= 0.6 is 11.6 Å². The molecule has 4 rings (SSSR count). The van der Waals surface area contributed by atoms with Crippen LogP contribution in [-0.4, -0.2) is 30.4 Å². The highest BCUT2D eigenvalue weighted by atomic mass is 35.5. The number of amides is 1. The van der Waals surface area contributed by atoms with Gasteiger partial charge in [-0.2, -0.15) is 0 Å². The van der Waals surface area contributed by atoms with E-state index in [1.54, 1.807) is 0 Å². The first-order valence-corrected chi connectivity index (χ1v) is 10.1. The van der Waals surface area contributed by atoms with Gasteiger partial charge in [0.2, 0.25) is 5.91 Å². The Labute approximate surface area is 190 Å². The molecule has 0 saturated carbocycles. The van der Waals surface area contributed by atoms with E-state index in [-0.39, 0.29) is 39.5 Å². The highest BCUT2D eigenvalue weighted by molar-refractivity contribution is 6.31. The number of rotatable bonds is 5. The monoisotopic (exact) mass is 469 g/mol. The van der Waals surface area contributed by atoms with Gasteiger partial charge in [-0.05, 0) is 30.3 Å². The SMILES string of the molecule is Cn1c(=O)c2c(ncn2CC(=O)Nc2ccc(Cl)cc2C(=O)c2ccccc2F)n(C)c1=O. The average Bonchev–Trinajstić information content (AvgIpc) is 3.20. The molecule has 2 aromatic carbocycles. The summed E-state index contributed by atoms with van der Waals surface area (Å²) in [6.45, 7) is -0.320. The maximum absolute atomic E-state index is 14.1. The quantitative estimate of drug-likeness (QED) is 0.450. The van der Waals surface area contributed by atoms with E-state index in [9.17, 15) is 23.6 Å². The lowest BCUT2D eigenvalue weighted by Crippen LogP contribution is -2.37. The van der Waals surface area contributed by atoms with Crippen molar-refractivity contribution >= 4 is 40.1 Å². The summed E-state index contributed by atoms with van der Waals surface area (Å²) in [5.74, 6) is -1.93. The fourth-order valence-corrected chi connectivity index (χ4v) is 3.64. The molecule has 0 saturated heterocycles. The van der Waals surface area contributed by atoms with Gasteiger partial charge in [0.15, 0.2) is 16.9 Å². The van der Waals surface area contributed by atoms with Crippen molar-refractivity contribution in [3.05, 3.63) is 91.6 Å². The molecule has 0 aliphatic heterocycles. The fourth-order valence-electron chi connectivity index (χ4n) is 3.47. The summed E-state index contributed by atoms with van der Waals surface area (Å²) in [5.41, 5.74) is -0.955. The molecule has 2 aromatic heterocycles. The maximum Gasteiger partial charge on any atom is 0.332 e. The van der Waals surface area contributed by atoms with Gasteiger partial charge in [0, 0.05) is 24.7 Å². The van der Waals surface area contributed by atoms with Crippen molar-refractivity contribution < 1.29 is 14.0 Å². The molecule has 0 bridgehead atoms. The van der Waals surface area contributed by atoms with Gasteiger partial charge in [-0.1, -0.05) is 23.7 Å². The molecule has 0 atom stereocenters. The number of carbonyl (C=O) groups excluding carboxylic acids is 2. The molecular formula is C22H17ClFN5O4. The number of ketones is 1. The number of carbonyl (C=O) groups is 2. The van der Waals surface area contributed by atoms with E-state index >= 15 is 0 Å². The van der Waals surface area contributed by atoms with Crippen LogP contribution in [0.2, 0.25) is 5.02 Å². The minimum absolute atomic E-state index is 0.00903. The number of hydrogen-bond donors (Lipinski definition) is 1. The third-order valence-corrected chi connectivity index (χ3v) is 5.39. The van der Waals surface area contributed by atoms with E-state index < -0.39 is 28.8 Å². The van der Waals surface area contributed by atoms with Crippen molar-refractivity contribution in [2.45, 2.75) is 6.54 Å². The molecule has 168 valence electrons. The molecule has 9 nitrogen and oxygen atoms in total. The number of anilines is 1. The van der Waals surface area contributed by atoms with Crippen LogP contribution in [0.25, 0.3) is 11.2 Å². The summed E-state index contributed by atoms with van der Waals surface area (Å²) >= 11 is 6.03. The van der Waals surface area contributed by atoms with E-state index in [4.69, 9.17) is 11.6 Å². The first-order valence-electron chi connectivity index (χ1n) is 9.68. The zero-order chi connectivity index (χ0) is 23.9. The predicted octanol–water partition coefficient (Wildman–Crippen LogP) is 2.10. The van der Waals surface area contributed by atoms with Crippen LogP contribution in [0.3, 0.4) is 0 Å². The second kappa shape index (κ2) is 8.47. The summed E-state index contributed by atoms with van der Waals surface area (Å²) in [4.78, 5) is 54.4. The van der Waals surface area contributed by atoms with E-state index in [0.717, 1.165) is 10.6 Å². The number of aryl methyl sites for hydroxylation is 1. The molecule has 0 radical (unpaired) electrons. The summed E-state index contributed by atoms with van der Waals surface area (Å²) < 4.78 is 17.6. The van der Waals surface area contributed by atoms with Crippen molar-refractivity contribution in [3.8, 4) is 0 Å². The summed E-state index contributed by atoms with van der Waals surface area (Å²) in [5, 5.41) is 2.84. The van der Waals surface area contributed by atoms with Gasteiger partial charge >= 0.3 is 5.69 Å². The Morgan fingerprint density at radius 2 is 1.79 bits per heavy atom. The third kappa shape index (κ3) is 3.96. The van der Waals surface area contributed by atoms with Crippen LogP contribution in [0, 0.1) is 5.82 Å². The lowest BCUT2D eigenvalue weighted by molar-refractivity contribution is -0.116. The molecule has 1 N–H and O–H groups in total. The number of aromatic nitrogens is 4. The van der Waals surface area contributed by atoms with Gasteiger partial charge in [0.05, 0.1) is 17.6 Å². The number of hydrogen-bond acceptors (Lipinski definition) is 5. The van der Waals surface area contributed by atoms with Gasteiger partial charge < -0.3 is 9.88 Å². The Hall–Kier alpha value is -4.05. The van der Waals surface area contributed by atoms with Crippen LogP contribution in [-0.2, 0) is 25.4 Å². The van der Waals surface area contributed by atoms with Gasteiger partial charge in [-0.25, -0.2) is 14.2 Å². The molecule has 33 heavy (non-hydrogen) atoms. The maximum atomic E-state index is 14.1. The summed E-state index contributed by atoms with van der Waals surface area (Å²) in [7, 11) is 2.80. The van der Waals surface area contributed by atoms with Gasteiger partial charge in [-0.15, -0.1) is 0 Å². The van der Waals surface area contributed by atoms with Crippen molar-refractivity contribution in [2.75, 3.05) is 5.32 Å². The second-order valence-corrected chi connectivity index (χ2v) is 7.73. The van der Waals surface area contributed by atoms with Crippen LogP contribution in [0.1, 0.15) is 15.9 Å². The average molecular weight is 470 g/mol. The van der Waals surface area contributed by atoms with Gasteiger partial charge in [-0.3, -0.25) is 23.5 Å². The molecule has 4 aromatic rings. The summed E-state index contributed by atoms with van der Waals surface area (Å²) in [6, 6.07) is 9.73. The van der Waals surface area contributed by atoms with Crippen molar-refractivity contribution in [3.63, 3.8) is 0 Å². The number of imidazole rings is 1. The lowest BCUT2D eigenvalue weighted by atomic mass is 10.0. The van der Waals surface area contributed by atoms with Crippen molar-refractivity contribution in [2.24, 2.45) is 14.1 Å². The minimum Gasteiger partial charge on any atom is -0.324 e. The summed E-state index contributed by atoms with van der Waals surface area (Å²) in [6.07, 6.45) is 1.28. The van der Waals surface area contributed by atoms with E-state index in [2.05, 4.69) is 10.3 Å². The standard InChI is InChI=1S/C22H17ClFN5O4/c1-27-20-18(21(32)28(2)22(27)33)29(11-25-20)10-17(30)26-16-8-7-12(23)9-14(16)19(31)13-5-3-4-6-15(13)24/h3-9,11H,10H2,1-2H3,(H,26,30). The minimum atomic E-state index is -0.703. The van der Waals surface area contributed by atoms with Crippen LogP contribution in [0.4, 0.5) is 10.1 Å². The molecule has 0 aliphatic carbocycles. The Balaban J connectivity index is 1.67. The zero-order valence-corrected chi connectivity index (χ0v) is 18.3. The van der Waals surface area contributed by atoms with E-state index in [1.165, 1.54) is 66.0 Å². The Bertz CT molecular complexity index is 1550. The Morgan fingerprint density at radius 1 is 1.06 bits per heavy atom. The highest BCUT2D eigenvalue weighted by Gasteiger charge is 2.20. The topological polar surface area (TPSA) is 108 Å². The predicted molar refractivity (Wildman–Crippen MR) is 120 cm³/mol. The number of fused-ring (bicyclic) bond motifs is 1. The van der Waals surface area contributed by atoms with Crippen LogP contribution in [0.15, 0.2) is 58.4 Å². The first-order chi connectivity index (χ1) is 15.7. The first kappa shape index (κ1) is 22.2. The largest absolute Gasteiger partial charge is 0.332 e. The normalized spacial score (nSPS) is 11.0. The molecule has 2 heterocycles. The molecule has 0 unspecified atom stereocenters. The van der Waals surface area contributed by atoms with Crippen LogP contribution < -0.4 is 16.6 Å². The highest BCUT2D eigenvalue weighted by Crippen LogP contribution is 2.25.